The van der Waals surface area contributed by atoms with E-state index in [1.165, 1.54) is 18.2 Å². The third-order valence-electron chi connectivity index (χ3n) is 1.69. The summed E-state index contributed by atoms with van der Waals surface area (Å²) in [6.07, 6.45) is 0. The summed E-state index contributed by atoms with van der Waals surface area (Å²) >= 11 is 0. The van der Waals surface area contributed by atoms with Crippen LogP contribution in [0.3, 0.4) is 0 Å². The fourth-order valence-corrected chi connectivity index (χ4v) is 0.955. The number of aliphatic hydroxyl groups is 1. The third-order valence-corrected chi connectivity index (χ3v) is 1.69. The van der Waals surface area contributed by atoms with Gasteiger partial charge in [-0.25, -0.2) is 4.39 Å². The fourth-order valence-electron chi connectivity index (χ4n) is 0.955. The van der Waals surface area contributed by atoms with Crippen molar-refractivity contribution in [2.75, 3.05) is 12.3 Å². The molecule has 1 rings (SSSR count). The molecule has 0 atom stereocenters. The molecule has 0 heterocycles. The lowest BCUT2D eigenvalue weighted by Crippen LogP contribution is -2.03. The largest absolute Gasteiger partial charge is 0.399 e. The van der Waals surface area contributed by atoms with E-state index >= 15 is 0 Å². The van der Waals surface area contributed by atoms with Crippen molar-refractivity contribution in [2.24, 2.45) is 0 Å². The number of hydrogen-bond donors (Lipinski definition) is 2. The first-order chi connectivity index (χ1) is 5.65. The number of benzene rings is 1. The van der Waals surface area contributed by atoms with Crippen molar-refractivity contribution in [1.29, 1.82) is 0 Å². The molecule has 3 heteroatoms. The lowest BCUT2D eigenvalue weighted by Gasteiger charge is -2.08. The summed E-state index contributed by atoms with van der Waals surface area (Å²) in [6, 6.07) is 4.30. The van der Waals surface area contributed by atoms with E-state index in [0.29, 0.717) is 17.2 Å². The lowest BCUT2D eigenvalue weighted by atomic mass is 10.0. The molecule has 0 aromatic heterocycles. The Kier molecular flexibility index (Phi) is 2.65. The van der Waals surface area contributed by atoms with Crippen molar-refractivity contribution in [2.45, 2.75) is 6.92 Å². The predicted octanol–water partition coefficient (Wildman–Crippen LogP) is 1.34. The van der Waals surface area contributed by atoms with Crippen LogP contribution in [0, 0.1) is 11.7 Å². The Morgan fingerprint density at radius 2 is 2.25 bits per heavy atom. The molecule has 65 valence electrons. The lowest BCUT2D eigenvalue weighted by molar-refractivity contribution is 0.313. The van der Waals surface area contributed by atoms with Gasteiger partial charge in [-0.15, -0.1) is 0 Å². The zero-order valence-corrected chi connectivity index (χ0v) is 6.84. The minimum Gasteiger partial charge on any atom is -0.399 e. The van der Waals surface area contributed by atoms with E-state index < -0.39 is 0 Å². The predicted molar refractivity (Wildman–Crippen MR) is 45.9 cm³/mol. The Balaban J connectivity index is 3.04. The first kappa shape index (κ1) is 9.00. The quantitative estimate of drug-likeness (QED) is 0.654. The highest BCUT2D eigenvalue weighted by Crippen LogP contribution is 2.19. The molecule has 0 aliphatic heterocycles. The van der Waals surface area contributed by atoms with Gasteiger partial charge in [0.15, 0.2) is 0 Å². The van der Waals surface area contributed by atoms with E-state index in [1.54, 1.807) is 6.92 Å². The number of nitrogen functional groups attached to an aromatic ring is 1. The minimum absolute atomic E-state index is 0.152. The first-order valence-electron chi connectivity index (χ1n) is 3.64. The van der Waals surface area contributed by atoms with Crippen LogP contribution in [0.1, 0.15) is 12.5 Å². The molecule has 0 spiro atoms. The summed E-state index contributed by atoms with van der Waals surface area (Å²) in [5.41, 5.74) is 6.34. The van der Waals surface area contributed by atoms with Crippen molar-refractivity contribution in [3.05, 3.63) is 35.5 Å². The SMILES string of the molecule is C[C](CO)c1cc(N)ccc1F. The van der Waals surface area contributed by atoms with Gasteiger partial charge in [0.25, 0.3) is 0 Å². The Morgan fingerprint density at radius 1 is 1.58 bits per heavy atom. The normalized spacial score (nSPS) is 10.7. The molecular weight excluding hydrogens is 157 g/mol. The summed E-state index contributed by atoms with van der Waals surface area (Å²) in [4.78, 5) is 0. The molecule has 0 bridgehead atoms. The fraction of sp³-hybridized carbons (Fsp3) is 0.222. The van der Waals surface area contributed by atoms with Crippen LogP contribution in [0.25, 0.3) is 0 Å². The van der Waals surface area contributed by atoms with Crippen LogP contribution in [0.5, 0.6) is 0 Å². The summed E-state index contributed by atoms with van der Waals surface area (Å²) in [5.74, 6) is 0.232. The highest BCUT2D eigenvalue weighted by Gasteiger charge is 2.10. The molecule has 3 N–H and O–H groups in total. The summed E-state index contributed by atoms with van der Waals surface area (Å²) in [7, 11) is 0. The first-order valence-corrected chi connectivity index (χ1v) is 3.64. The van der Waals surface area contributed by atoms with E-state index in [-0.39, 0.29) is 12.4 Å². The van der Waals surface area contributed by atoms with Crippen LogP contribution in [-0.4, -0.2) is 11.7 Å². The average Bonchev–Trinajstić information content (AvgIpc) is 2.08. The summed E-state index contributed by atoms with van der Waals surface area (Å²) < 4.78 is 13.0. The molecule has 1 radical (unpaired) electrons. The Hall–Kier alpha value is -1.09. The van der Waals surface area contributed by atoms with Crippen molar-refractivity contribution in [3.63, 3.8) is 0 Å². The molecular formula is C9H11FNO. The number of aliphatic hydroxyl groups excluding tert-OH is 1. The van der Waals surface area contributed by atoms with Gasteiger partial charge in [0.2, 0.25) is 0 Å². The molecule has 2 nitrogen and oxygen atoms in total. The van der Waals surface area contributed by atoms with E-state index in [1.807, 2.05) is 0 Å². The molecule has 12 heavy (non-hydrogen) atoms. The summed E-state index contributed by atoms with van der Waals surface area (Å²) in [6.45, 7) is 1.51. The standard InChI is InChI=1S/C9H11FNO/c1-6(5-12)8-4-7(11)2-3-9(8)10/h2-4,12H,5,11H2,1H3. The molecule has 0 amide bonds. The van der Waals surface area contributed by atoms with E-state index in [0.717, 1.165) is 0 Å². The molecule has 0 aliphatic carbocycles. The molecule has 1 aromatic carbocycles. The van der Waals surface area contributed by atoms with Crippen molar-refractivity contribution in [3.8, 4) is 0 Å². The maximum absolute atomic E-state index is 13.0. The molecule has 0 saturated heterocycles. The van der Waals surface area contributed by atoms with Gasteiger partial charge in [-0.05, 0) is 23.8 Å². The van der Waals surface area contributed by atoms with Crippen molar-refractivity contribution >= 4 is 5.69 Å². The number of hydrogen-bond acceptors (Lipinski definition) is 2. The van der Waals surface area contributed by atoms with Crippen LogP contribution in [-0.2, 0) is 0 Å². The van der Waals surface area contributed by atoms with Gasteiger partial charge < -0.3 is 10.8 Å². The van der Waals surface area contributed by atoms with E-state index in [4.69, 9.17) is 10.8 Å². The smallest absolute Gasteiger partial charge is 0.127 e. The van der Waals surface area contributed by atoms with Crippen LogP contribution < -0.4 is 5.73 Å². The second-order valence-electron chi connectivity index (χ2n) is 2.68. The number of halogens is 1. The topological polar surface area (TPSA) is 46.2 Å². The van der Waals surface area contributed by atoms with Crippen molar-refractivity contribution in [1.82, 2.24) is 0 Å². The summed E-state index contributed by atoms with van der Waals surface area (Å²) in [5, 5.41) is 8.76. The van der Waals surface area contributed by atoms with Gasteiger partial charge in [-0.2, -0.15) is 0 Å². The van der Waals surface area contributed by atoms with Crippen LogP contribution in [0.4, 0.5) is 10.1 Å². The van der Waals surface area contributed by atoms with Crippen LogP contribution in [0.15, 0.2) is 18.2 Å². The van der Waals surface area contributed by atoms with Gasteiger partial charge in [0.05, 0.1) is 6.61 Å². The number of nitrogens with two attached hydrogens (primary N) is 1. The second kappa shape index (κ2) is 3.54. The maximum atomic E-state index is 13.0. The van der Waals surface area contributed by atoms with E-state index in [2.05, 4.69) is 0 Å². The number of rotatable bonds is 2. The second-order valence-corrected chi connectivity index (χ2v) is 2.68. The zero-order chi connectivity index (χ0) is 9.14. The molecule has 0 aliphatic rings. The van der Waals surface area contributed by atoms with Gasteiger partial charge in [-0.1, -0.05) is 6.92 Å². The van der Waals surface area contributed by atoms with Gasteiger partial charge in [-0.3, -0.25) is 0 Å². The zero-order valence-electron chi connectivity index (χ0n) is 6.84. The molecule has 0 unspecified atom stereocenters. The van der Waals surface area contributed by atoms with Crippen LogP contribution >= 0.6 is 0 Å². The Morgan fingerprint density at radius 3 is 2.83 bits per heavy atom. The third kappa shape index (κ3) is 1.74. The van der Waals surface area contributed by atoms with Gasteiger partial charge >= 0.3 is 0 Å². The molecule has 0 saturated carbocycles. The number of anilines is 1. The minimum atomic E-state index is -0.351. The van der Waals surface area contributed by atoms with Crippen molar-refractivity contribution < 1.29 is 9.50 Å². The monoisotopic (exact) mass is 168 g/mol. The Labute approximate surface area is 70.8 Å². The Bertz CT molecular complexity index is 275. The van der Waals surface area contributed by atoms with Crippen LogP contribution in [0.2, 0.25) is 0 Å². The van der Waals surface area contributed by atoms with E-state index in [9.17, 15) is 4.39 Å². The highest BCUT2D eigenvalue weighted by molar-refractivity contribution is 5.45. The molecule has 1 aromatic rings. The maximum Gasteiger partial charge on any atom is 0.127 e. The average molecular weight is 168 g/mol. The van der Waals surface area contributed by atoms with Gasteiger partial charge in [0, 0.05) is 11.6 Å². The highest BCUT2D eigenvalue weighted by atomic mass is 19.1. The molecule has 0 fully saturated rings. The van der Waals surface area contributed by atoms with Gasteiger partial charge in [0.1, 0.15) is 5.82 Å².